The van der Waals surface area contributed by atoms with E-state index < -0.39 is 4.92 Å². The maximum Gasteiger partial charge on any atom is 0.288 e. The Hall–Kier alpha value is -3.08. The molecule has 0 fully saturated rings. The topological polar surface area (TPSA) is 68.4 Å². The first-order valence-electron chi connectivity index (χ1n) is 6.36. The maximum absolute atomic E-state index is 10.8. The van der Waals surface area contributed by atoms with Gasteiger partial charge >= 0.3 is 0 Å². The molecular formula is C16H11N3O2. The van der Waals surface area contributed by atoms with E-state index in [1.807, 2.05) is 36.4 Å². The van der Waals surface area contributed by atoms with Crippen LogP contribution in [0.4, 0.5) is 11.4 Å². The zero-order chi connectivity index (χ0) is 14.7. The molecule has 1 aromatic heterocycles. The van der Waals surface area contributed by atoms with E-state index in [0.717, 1.165) is 11.3 Å². The van der Waals surface area contributed by atoms with Crippen molar-refractivity contribution in [3.8, 4) is 0 Å². The Labute approximate surface area is 120 Å². The third-order valence-electron chi connectivity index (χ3n) is 3.02. The molecule has 0 saturated heterocycles. The van der Waals surface area contributed by atoms with Crippen molar-refractivity contribution < 1.29 is 4.92 Å². The van der Waals surface area contributed by atoms with E-state index in [4.69, 9.17) is 0 Å². The summed E-state index contributed by atoms with van der Waals surface area (Å²) in [7, 11) is 0. The summed E-state index contributed by atoms with van der Waals surface area (Å²) in [5, 5.41) is 11.5. The number of aromatic nitrogens is 1. The first kappa shape index (κ1) is 12.9. The average molecular weight is 277 g/mol. The Balaban J connectivity index is 1.96. The number of aliphatic imine (C=N–C) groups is 1. The molecule has 0 bridgehead atoms. The van der Waals surface area contributed by atoms with Crippen molar-refractivity contribution in [3.63, 3.8) is 0 Å². The van der Waals surface area contributed by atoms with E-state index >= 15 is 0 Å². The number of benzene rings is 2. The smallest absolute Gasteiger partial charge is 0.258 e. The average Bonchev–Trinajstić information content (AvgIpc) is 2.53. The van der Waals surface area contributed by atoms with E-state index in [9.17, 15) is 10.1 Å². The Morgan fingerprint density at radius 2 is 1.90 bits per heavy atom. The van der Waals surface area contributed by atoms with Crippen molar-refractivity contribution in [3.05, 3.63) is 76.5 Å². The van der Waals surface area contributed by atoms with Gasteiger partial charge in [-0.05, 0) is 23.8 Å². The number of fused-ring (bicyclic) bond motifs is 1. The summed E-state index contributed by atoms with van der Waals surface area (Å²) in [5.74, 6) is 0. The van der Waals surface area contributed by atoms with Crippen LogP contribution in [0.1, 0.15) is 5.56 Å². The highest BCUT2D eigenvalue weighted by Crippen LogP contribution is 2.23. The van der Waals surface area contributed by atoms with Crippen molar-refractivity contribution in [1.82, 2.24) is 4.98 Å². The lowest BCUT2D eigenvalue weighted by Crippen LogP contribution is -1.89. The minimum Gasteiger partial charge on any atom is -0.258 e. The van der Waals surface area contributed by atoms with Gasteiger partial charge in [-0.15, -0.1) is 0 Å². The van der Waals surface area contributed by atoms with Crippen molar-refractivity contribution >= 4 is 28.5 Å². The molecule has 3 rings (SSSR count). The first-order valence-corrected chi connectivity index (χ1v) is 6.36. The molecule has 5 nitrogen and oxygen atoms in total. The second-order valence-electron chi connectivity index (χ2n) is 4.50. The van der Waals surface area contributed by atoms with Gasteiger partial charge in [0.05, 0.1) is 16.1 Å². The molecule has 0 aliphatic rings. The molecule has 0 aliphatic heterocycles. The van der Waals surface area contributed by atoms with Gasteiger partial charge in [0.25, 0.3) is 5.69 Å². The maximum atomic E-state index is 10.8. The van der Waals surface area contributed by atoms with Crippen LogP contribution in [0.15, 0.2) is 65.8 Å². The zero-order valence-corrected chi connectivity index (χ0v) is 11.0. The molecular weight excluding hydrogens is 266 g/mol. The highest BCUT2D eigenvalue weighted by Gasteiger charge is 2.07. The lowest BCUT2D eigenvalue weighted by atomic mass is 10.2. The van der Waals surface area contributed by atoms with Crippen LogP contribution in [0.5, 0.6) is 0 Å². The Morgan fingerprint density at radius 1 is 1.10 bits per heavy atom. The standard InChI is InChI=1S/C16H11N3O2/c20-19(21)15-9-13-8-14(6-7-16(13)18-11-15)17-10-12-4-2-1-3-5-12/h1-11H. The van der Waals surface area contributed by atoms with E-state index in [1.165, 1.54) is 12.3 Å². The summed E-state index contributed by atoms with van der Waals surface area (Å²) in [6.45, 7) is 0. The number of nitrogens with zero attached hydrogens (tertiary/aromatic N) is 3. The van der Waals surface area contributed by atoms with Gasteiger partial charge in [0.15, 0.2) is 0 Å². The van der Waals surface area contributed by atoms with Crippen molar-refractivity contribution in [2.75, 3.05) is 0 Å². The molecule has 0 spiro atoms. The Morgan fingerprint density at radius 3 is 2.67 bits per heavy atom. The molecule has 1 heterocycles. The number of pyridine rings is 1. The van der Waals surface area contributed by atoms with Gasteiger partial charge in [-0.25, -0.2) is 4.98 Å². The molecule has 3 aromatic rings. The van der Waals surface area contributed by atoms with E-state index in [0.29, 0.717) is 10.9 Å². The van der Waals surface area contributed by atoms with Gasteiger partial charge in [-0.1, -0.05) is 30.3 Å². The lowest BCUT2D eigenvalue weighted by molar-refractivity contribution is -0.385. The van der Waals surface area contributed by atoms with Crippen molar-refractivity contribution in [2.24, 2.45) is 4.99 Å². The Kier molecular flexibility index (Phi) is 3.39. The third kappa shape index (κ3) is 2.92. The minimum absolute atomic E-state index is 0.0216. The van der Waals surface area contributed by atoms with Crippen LogP contribution < -0.4 is 0 Å². The second-order valence-corrected chi connectivity index (χ2v) is 4.50. The highest BCUT2D eigenvalue weighted by molar-refractivity contribution is 5.86. The molecule has 5 heteroatoms. The van der Waals surface area contributed by atoms with Gasteiger partial charge in [0, 0.05) is 17.7 Å². The molecule has 0 saturated carbocycles. The molecule has 0 aliphatic carbocycles. The normalized spacial score (nSPS) is 11.0. The van der Waals surface area contributed by atoms with E-state index in [-0.39, 0.29) is 5.69 Å². The van der Waals surface area contributed by atoms with Crippen LogP contribution >= 0.6 is 0 Å². The van der Waals surface area contributed by atoms with Crippen molar-refractivity contribution in [2.45, 2.75) is 0 Å². The molecule has 21 heavy (non-hydrogen) atoms. The monoisotopic (exact) mass is 277 g/mol. The summed E-state index contributed by atoms with van der Waals surface area (Å²) >= 11 is 0. The fourth-order valence-electron chi connectivity index (χ4n) is 1.98. The summed E-state index contributed by atoms with van der Waals surface area (Å²) < 4.78 is 0. The first-order chi connectivity index (χ1) is 10.2. The van der Waals surface area contributed by atoms with E-state index in [2.05, 4.69) is 9.98 Å². The van der Waals surface area contributed by atoms with E-state index in [1.54, 1.807) is 18.3 Å². The fourth-order valence-corrected chi connectivity index (χ4v) is 1.98. The number of hydrogen-bond acceptors (Lipinski definition) is 4. The fraction of sp³-hybridized carbons (Fsp3) is 0. The van der Waals surface area contributed by atoms with Crippen LogP contribution in [0.2, 0.25) is 0 Å². The summed E-state index contributed by atoms with van der Waals surface area (Å²) in [5.41, 5.74) is 2.41. The van der Waals surface area contributed by atoms with Crippen LogP contribution in [0.3, 0.4) is 0 Å². The van der Waals surface area contributed by atoms with Crippen LogP contribution in [0.25, 0.3) is 10.9 Å². The SMILES string of the molecule is O=[N+]([O-])c1cnc2ccc(N=Cc3ccccc3)cc2c1. The van der Waals surface area contributed by atoms with Gasteiger partial charge in [0.1, 0.15) is 6.20 Å². The molecule has 0 unspecified atom stereocenters. The van der Waals surface area contributed by atoms with Crippen LogP contribution in [-0.4, -0.2) is 16.1 Å². The summed E-state index contributed by atoms with van der Waals surface area (Å²) in [6.07, 6.45) is 3.02. The molecule has 2 aromatic carbocycles. The number of rotatable bonds is 3. The quantitative estimate of drug-likeness (QED) is 0.414. The Bertz CT molecular complexity index is 829. The number of nitro groups is 1. The molecule has 102 valence electrons. The zero-order valence-electron chi connectivity index (χ0n) is 11.0. The minimum atomic E-state index is -0.452. The van der Waals surface area contributed by atoms with Gasteiger partial charge in [0.2, 0.25) is 0 Å². The van der Waals surface area contributed by atoms with Crippen LogP contribution in [-0.2, 0) is 0 Å². The molecule has 0 amide bonds. The van der Waals surface area contributed by atoms with Gasteiger partial charge in [-0.2, -0.15) is 0 Å². The predicted octanol–water partition coefficient (Wildman–Crippen LogP) is 3.89. The summed E-state index contributed by atoms with van der Waals surface area (Å²) in [6, 6.07) is 16.7. The largest absolute Gasteiger partial charge is 0.288 e. The number of hydrogen-bond donors (Lipinski definition) is 0. The molecule has 0 atom stereocenters. The molecule has 0 radical (unpaired) electrons. The third-order valence-corrected chi connectivity index (χ3v) is 3.02. The lowest BCUT2D eigenvalue weighted by Gasteiger charge is -1.99. The van der Waals surface area contributed by atoms with Gasteiger partial charge < -0.3 is 0 Å². The van der Waals surface area contributed by atoms with Gasteiger partial charge in [-0.3, -0.25) is 15.1 Å². The predicted molar refractivity (Wildman–Crippen MR) is 82.1 cm³/mol. The van der Waals surface area contributed by atoms with Crippen LogP contribution in [0, 0.1) is 10.1 Å². The summed E-state index contributed by atoms with van der Waals surface area (Å²) in [4.78, 5) is 18.8. The van der Waals surface area contributed by atoms with Crippen molar-refractivity contribution in [1.29, 1.82) is 0 Å². The molecule has 0 N–H and O–H groups in total. The second kappa shape index (κ2) is 5.50. The highest BCUT2D eigenvalue weighted by atomic mass is 16.6.